The van der Waals surface area contributed by atoms with Crippen LogP contribution in [0.1, 0.15) is 27.7 Å². The average Bonchev–Trinajstić information content (AvgIpc) is 2.55. The van der Waals surface area contributed by atoms with Crippen molar-refractivity contribution in [3.63, 3.8) is 0 Å². The third-order valence-electron chi connectivity index (χ3n) is 3.88. The first kappa shape index (κ1) is 17.7. The summed E-state index contributed by atoms with van der Waals surface area (Å²) in [6.07, 6.45) is 3.04. The fourth-order valence-electron chi connectivity index (χ4n) is 2.71. The van der Waals surface area contributed by atoms with Gasteiger partial charge < -0.3 is 10.2 Å². The van der Waals surface area contributed by atoms with Crippen LogP contribution in [0.4, 0.5) is 0 Å². The molecule has 0 spiro atoms. The molecule has 2 aromatic rings. The van der Waals surface area contributed by atoms with Gasteiger partial charge in [-0.25, -0.2) is 9.97 Å². The molecule has 0 saturated carbocycles. The minimum Gasteiger partial charge on any atom is -0.329 e. The zero-order valence-electron chi connectivity index (χ0n) is 12.7. The minimum atomic E-state index is -0.0421. The van der Waals surface area contributed by atoms with Gasteiger partial charge in [-0.15, -0.1) is 12.4 Å². The molecule has 1 fully saturated rings. The van der Waals surface area contributed by atoms with Gasteiger partial charge >= 0.3 is 0 Å². The molecule has 1 amide bonds. The molecule has 1 atom stereocenters. The number of aryl methyl sites for hydroxylation is 1. The Labute approximate surface area is 146 Å². The Morgan fingerprint density at radius 3 is 3.00 bits per heavy atom. The van der Waals surface area contributed by atoms with Crippen LogP contribution in [-0.4, -0.2) is 40.4 Å². The van der Waals surface area contributed by atoms with Crippen LogP contribution in [0.5, 0.6) is 0 Å². The van der Waals surface area contributed by atoms with E-state index in [2.05, 4.69) is 15.3 Å². The van der Waals surface area contributed by atoms with Gasteiger partial charge in [-0.05, 0) is 24.6 Å². The van der Waals surface area contributed by atoms with Crippen LogP contribution >= 0.6 is 24.0 Å². The number of piperazine rings is 1. The number of benzene rings is 1. The van der Waals surface area contributed by atoms with E-state index in [0.717, 1.165) is 12.1 Å². The van der Waals surface area contributed by atoms with Crippen molar-refractivity contribution in [2.45, 2.75) is 13.0 Å². The number of halogens is 2. The van der Waals surface area contributed by atoms with Crippen LogP contribution in [0.25, 0.3) is 0 Å². The molecule has 2 heterocycles. The van der Waals surface area contributed by atoms with Crippen molar-refractivity contribution in [2.75, 3.05) is 19.6 Å². The number of nitrogens with one attached hydrogen (secondary N) is 1. The fraction of sp³-hybridized carbons (Fsp3) is 0.312. The fourth-order valence-corrected chi connectivity index (χ4v) is 2.91. The summed E-state index contributed by atoms with van der Waals surface area (Å²) in [6, 6.07) is 7.61. The molecule has 1 N–H and O–H groups in total. The Balaban J connectivity index is 0.00000192. The Bertz CT molecular complexity index is 695. The van der Waals surface area contributed by atoms with Crippen molar-refractivity contribution in [3.05, 3.63) is 58.6 Å². The van der Waals surface area contributed by atoms with Crippen LogP contribution < -0.4 is 5.32 Å². The monoisotopic (exact) mass is 352 g/mol. The number of aromatic nitrogens is 2. The maximum atomic E-state index is 12.9. The highest BCUT2D eigenvalue weighted by molar-refractivity contribution is 6.30. The van der Waals surface area contributed by atoms with Crippen LogP contribution in [0.15, 0.2) is 36.8 Å². The summed E-state index contributed by atoms with van der Waals surface area (Å²) in [7, 11) is 0. The van der Waals surface area contributed by atoms with Crippen molar-refractivity contribution < 1.29 is 4.79 Å². The molecule has 5 nitrogen and oxygen atoms in total. The second-order valence-corrected chi connectivity index (χ2v) is 5.73. The number of hydrogen-bond donors (Lipinski definition) is 1. The standard InChI is InChI=1S/C16H17ClN4O.ClH/c1-11-14(8-19-10-20-11)16(22)21-6-5-18-9-15(21)12-3-2-4-13(17)7-12;/h2-4,7-8,10,15,18H,5-6,9H2,1H3;1H. The summed E-state index contributed by atoms with van der Waals surface area (Å²) in [4.78, 5) is 22.8. The number of carbonyl (C=O) groups is 1. The maximum absolute atomic E-state index is 12.9. The summed E-state index contributed by atoms with van der Waals surface area (Å²) in [5.41, 5.74) is 2.28. The van der Waals surface area contributed by atoms with E-state index in [1.165, 1.54) is 6.33 Å². The van der Waals surface area contributed by atoms with Crippen LogP contribution in [0.2, 0.25) is 5.02 Å². The summed E-state index contributed by atoms with van der Waals surface area (Å²) in [5.74, 6) is -0.0374. The van der Waals surface area contributed by atoms with E-state index < -0.39 is 0 Å². The van der Waals surface area contributed by atoms with Crippen LogP contribution in [0.3, 0.4) is 0 Å². The van der Waals surface area contributed by atoms with E-state index in [-0.39, 0.29) is 24.4 Å². The molecule has 1 aliphatic heterocycles. The predicted molar refractivity (Wildman–Crippen MR) is 92.1 cm³/mol. The molecule has 3 rings (SSSR count). The highest BCUT2D eigenvalue weighted by Crippen LogP contribution is 2.26. The normalized spacial score (nSPS) is 17.5. The first-order chi connectivity index (χ1) is 10.7. The van der Waals surface area contributed by atoms with E-state index in [1.54, 1.807) is 6.20 Å². The van der Waals surface area contributed by atoms with E-state index in [4.69, 9.17) is 11.6 Å². The highest BCUT2D eigenvalue weighted by Gasteiger charge is 2.29. The third kappa shape index (κ3) is 3.80. The quantitative estimate of drug-likeness (QED) is 0.902. The molecule has 1 unspecified atom stereocenters. The van der Waals surface area contributed by atoms with Gasteiger partial charge in [0.2, 0.25) is 0 Å². The first-order valence-electron chi connectivity index (χ1n) is 7.20. The molecule has 1 saturated heterocycles. The van der Waals surface area contributed by atoms with Gasteiger partial charge in [-0.2, -0.15) is 0 Å². The molecule has 122 valence electrons. The van der Waals surface area contributed by atoms with Crippen molar-refractivity contribution >= 4 is 29.9 Å². The van der Waals surface area contributed by atoms with Crippen molar-refractivity contribution in [3.8, 4) is 0 Å². The molecular weight excluding hydrogens is 335 g/mol. The minimum absolute atomic E-state index is 0. The second-order valence-electron chi connectivity index (χ2n) is 5.30. The van der Waals surface area contributed by atoms with E-state index in [1.807, 2.05) is 36.1 Å². The molecule has 1 aliphatic rings. The predicted octanol–water partition coefficient (Wildman–Crippen LogP) is 2.65. The Hall–Kier alpha value is -1.69. The Morgan fingerprint density at radius 2 is 2.26 bits per heavy atom. The second kappa shape index (κ2) is 7.73. The molecule has 1 aromatic carbocycles. The summed E-state index contributed by atoms with van der Waals surface area (Å²) < 4.78 is 0. The van der Waals surface area contributed by atoms with Crippen LogP contribution in [-0.2, 0) is 0 Å². The Morgan fingerprint density at radius 1 is 1.43 bits per heavy atom. The zero-order valence-corrected chi connectivity index (χ0v) is 14.3. The number of nitrogens with zero attached hydrogens (tertiary/aromatic N) is 3. The van der Waals surface area contributed by atoms with Crippen molar-refractivity contribution in [1.82, 2.24) is 20.2 Å². The summed E-state index contributed by atoms with van der Waals surface area (Å²) in [5, 5.41) is 4.01. The summed E-state index contributed by atoms with van der Waals surface area (Å²) >= 11 is 6.09. The SMILES string of the molecule is Cc1ncncc1C(=O)N1CCNCC1c1cccc(Cl)c1.Cl. The number of rotatable bonds is 2. The lowest BCUT2D eigenvalue weighted by molar-refractivity contribution is 0.0632. The Kier molecular flexibility index (Phi) is 5.93. The first-order valence-corrected chi connectivity index (χ1v) is 7.58. The third-order valence-corrected chi connectivity index (χ3v) is 4.11. The van der Waals surface area contributed by atoms with E-state index >= 15 is 0 Å². The van der Waals surface area contributed by atoms with Gasteiger partial charge in [0.25, 0.3) is 5.91 Å². The zero-order chi connectivity index (χ0) is 15.5. The average molecular weight is 353 g/mol. The molecule has 0 bridgehead atoms. The van der Waals surface area contributed by atoms with Crippen molar-refractivity contribution in [2.24, 2.45) is 0 Å². The molecule has 7 heteroatoms. The van der Waals surface area contributed by atoms with Gasteiger partial charge in [-0.1, -0.05) is 23.7 Å². The maximum Gasteiger partial charge on any atom is 0.257 e. The molecule has 0 radical (unpaired) electrons. The largest absolute Gasteiger partial charge is 0.329 e. The number of amides is 1. The lowest BCUT2D eigenvalue weighted by Crippen LogP contribution is -2.48. The van der Waals surface area contributed by atoms with Crippen molar-refractivity contribution in [1.29, 1.82) is 0 Å². The lowest BCUT2D eigenvalue weighted by Gasteiger charge is -2.36. The van der Waals surface area contributed by atoms with E-state index in [9.17, 15) is 4.79 Å². The number of hydrogen-bond acceptors (Lipinski definition) is 4. The van der Waals surface area contributed by atoms with Crippen LogP contribution in [0, 0.1) is 6.92 Å². The molecular formula is C16H18Cl2N4O. The van der Waals surface area contributed by atoms with Gasteiger partial charge in [-0.3, -0.25) is 4.79 Å². The van der Waals surface area contributed by atoms with E-state index in [0.29, 0.717) is 29.4 Å². The van der Waals surface area contributed by atoms with Gasteiger partial charge in [0.05, 0.1) is 17.3 Å². The molecule has 0 aliphatic carbocycles. The topological polar surface area (TPSA) is 58.1 Å². The number of carbonyl (C=O) groups excluding carboxylic acids is 1. The van der Waals surface area contributed by atoms with Gasteiger partial charge in [0.1, 0.15) is 6.33 Å². The lowest BCUT2D eigenvalue weighted by atomic mass is 10.0. The molecule has 1 aromatic heterocycles. The smallest absolute Gasteiger partial charge is 0.257 e. The van der Waals surface area contributed by atoms with Gasteiger partial charge in [0, 0.05) is 30.9 Å². The molecule has 23 heavy (non-hydrogen) atoms. The summed E-state index contributed by atoms with van der Waals surface area (Å²) in [6.45, 7) is 3.95. The highest BCUT2D eigenvalue weighted by atomic mass is 35.5. The van der Waals surface area contributed by atoms with Gasteiger partial charge in [0.15, 0.2) is 0 Å².